The topological polar surface area (TPSA) is 155 Å². The monoisotopic (exact) mass is 870 g/mol. The van der Waals surface area contributed by atoms with E-state index in [0.717, 1.165) is 0 Å². The minimum absolute atomic E-state index is 0. The molecule has 6 aromatic rings. The predicted octanol–water partition coefficient (Wildman–Crippen LogP) is 3.77. The quantitative estimate of drug-likeness (QED) is 0.113. The molecule has 0 saturated heterocycles. The van der Waals surface area contributed by atoms with Gasteiger partial charge in [0.15, 0.2) is 5.60 Å². The molecule has 4 N–H and O–H groups in total. The standard InChI is InChI=1S/2C18H15P.C6H8O7.C2H6O.Ag/c2*1-4-10-16(11-5-1)19(17-12-6-2-7-13-17)18-14-8-3-9-15-18;7-3(8)1-6(13,5(11)12)2-4(9)10;1-2-3;/h2*1-15H;13H,1-2H2,(H,7,8)(H,9,10)(H,11,12);3H,2H2,1H3;/q;;;;+1/p+1. The Kier molecular flexibility index (Phi) is 21.4. The maximum absolute atomic E-state index is 10.3. The van der Waals surface area contributed by atoms with Gasteiger partial charge in [0, 0.05) is 19.0 Å². The summed E-state index contributed by atoms with van der Waals surface area (Å²) in [5.74, 6) is -5.34. The summed E-state index contributed by atoms with van der Waals surface area (Å²) in [7, 11) is -1.75. The van der Waals surface area contributed by atoms with E-state index in [0.29, 0.717) is 0 Å². The van der Waals surface area contributed by atoms with Gasteiger partial charge in [-0.05, 0) is 79.7 Å². The number of hydrogen-bond donors (Lipinski definition) is 4. The normalized spacial score (nSPS) is 11.1. The van der Waals surface area contributed by atoms with Gasteiger partial charge in [-0.25, -0.2) is 4.79 Å². The third-order valence-corrected chi connectivity index (χ3v) is 13.1. The zero-order valence-electron chi connectivity index (χ0n) is 30.2. The molecule has 0 amide bonds. The molecule has 0 aromatic heterocycles. The van der Waals surface area contributed by atoms with Gasteiger partial charge in [-0.1, -0.05) is 109 Å². The second-order valence-corrected chi connectivity index (χ2v) is 16.7. The molecule has 0 bridgehead atoms. The van der Waals surface area contributed by atoms with Crippen molar-refractivity contribution in [1.82, 2.24) is 0 Å². The molecule has 0 aliphatic carbocycles. The molecule has 288 valence electrons. The molecular formula is C44H45AgO8P2+2. The number of aliphatic hydroxyl groups excluding tert-OH is 1. The van der Waals surface area contributed by atoms with Crippen molar-refractivity contribution < 1.29 is 62.3 Å². The molecule has 0 aliphatic heterocycles. The van der Waals surface area contributed by atoms with Crippen LogP contribution in [0.4, 0.5) is 0 Å². The van der Waals surface area contributed by atoms with Gasteiger partial charge >= 0.3 is 34.3 Å². The van der Waals surface area contributed by atoms with Crippen LogP contribution in [0.3, 0.4) is 0 Å². The maximum Gasteiger partial charge on any atom is 1.00 e. The second kappa shape index (κ2) is 25.4. The third-order valence-electron chi connectivity index (χ3n) is 7.65. The van der Waals surface area contributed by atoms with E-state index in [2.05, 4.69) is 182 Å². The van der Waals surface area contributed by atoms with Gasteiger partial charge in [0.1, 0.15) is 31.8 Å². The van der Waals surface area contributed by atoms with Gasteiger partial charge in [-0.3, -0.25) is 4.79 Å². The Morgan fingerprint density at radius 1 is 0.491 bits per heavy atom. The summed E-state index contributed by atoms with van der Waals surface area (Å²) in [6.07, 6.45) is -2.44. The van der Waals surface area contributed by atoms with Gasteiger partial charge < -0.3 is 30.3 Å². The maximum atomic E-state index is 10.3. The molecule has 0 aliphatic rings. The van der Waals surface area contributed by atoms with Gasteiger partial charge in [-0.2, -0.15) is 0 Å². The number of benzene rings is 6. The average Bonchev–Trinajstić information content (AvgIpc) is 3.18. The number of rotatable bonds is 11. The first-order chi connectivity index (χ1) is 26.1. The van der Waals surface area contributed by atoms with E-state index >= 15 is 0 Å². The number of carbonyl (C=O) groups excluding carboxylic acids is 1. The van der Waals surface area contributed by atoms with Crippen LogP contribution in [0.15, 0.2) is 182 Å². The van der Waals surface area contributed by atoms with Crippen molar-refractivity contribution in [2.24, 2.45) is 0 Å². The van der Waals surface area contributed by atoms with Crippen LogP contribution in [-0.4, -0.2) is 50.5 Å². The molecular weight excluding hydrogens is 826 g/mol. The van der Waals surface area contributed by atoms with Crippen molar-refractivity contribution >= 4 is 65.6 Å². The van der Waals surface area contributed by atoms with E-state index in [4.69, 9.17) is 20.4 Å². The molecule has 55 heavy (non-hydrogen) atoms. The number of carboxylic acid groups (broad SMARTS) is 3. The van der Waals surface area contributed by atoms with Gasteiger partial charge in [0.2, 0.25) is 0 Å². The van der Waals surface area contributed by atoms with E-state index in [1.54, 1.807) is 6.92 Å². The van der Waals surface area contributed by atoms with Crippen LogP contribution < -0.4 is 36.9 Å². The number of carbonyl (C=O) groups is 3. The Bertz CT molecular complexity index is 1630. The summed E-state index contributed by atoms with van der Waals surface area (Å²) in [5.41, 5.74) is -2.80. The van der Waals surface area contributed by atoms with Crippen LogP contribution >= 0.6 is 15.8 Å². The Morgan fingerprint density at radius 2 is 0.691 bits per heavy atom. The fourth-order valence-electron chi connectivity index (χ4n) is 5.33. The summed E-state index contributed by atoms with van der Waals surface area (Å²) >= 11 is 0. The minimum atomic E-state index is -2.80. The number of aliphatic hydroxyl groups is 2. The van der Waals surface area contributed by atoms with E-state index in [1.165, 1.54) is 31.8 Å². The Morgan fingerprint density at radius 3 is 0.836 bits per heavy atom. The molecule has 11 heteroatoms. The minimum Gasteiger partial charge on any atom is -0.550 e. The smallest absolute Gasteiger partial charge is 0.550 e. The first-order valence-electron chi connectivity index (χ1n) is 17.1. The zero-order chi connectivity index (χ0) is 39.2. The van der Waals surface area contributed by atoms with Crippen molar-refractivity contribution in [2.75, 3.05) is 6.61 Å². The first-order valence-corrected chi connectivity index (χ1v) is 20.1. The molecule has 0 unspecified atom stereocenters. The van der Waals surface area contributed by atoms with Crippen LogP contribution in [0.1, 0.15) is 19.8 Å². The van der Waals surface area contributed by atoms with Crippen molar-refractivity contribution in [1.29, 1.82) is 0 Å². The number of carboxylic acids is 3. The van der Waals surface area contributed by atoms with Crippen molar-refractivity contribution in [2.45, 2.75) is 25.4 Å². The summed E-state index contributed by atoms with van der Waals surface area (Å²) in [6, 6.07) is 65.0. The Labute approximate surface area is 340 Å². The fraction of sp³-hybridized carbons (Fsp3) is 0.114. The Balaban J connectivity index is 0.000000278. The van der Waals surface area contributed by atoms with Crippen molar-refractivity contribution in [3.63, 3.8) is 0 Å². The third kappa shape index (κ3) is 15.9. The summed E-state index contributed by atoms with van der Waals surface area (Å²) in [6.45, 7) is 1.93. The van der Waals surface area contributed by atoms with E-state index in [9.17, 15) is 19.5 Å². The van der Waals surface area contributed by atoms with E-state index < -0.39 is 52.2 Å². The van der Waals surface area contributed by atoms with Crippen LogP contribution in [0.25, 0.3) is 0 Å². The molecule has 6 aromatic carbocycles. The van der Waals surface area contributed by atoms with Crippen LogP contribution in [-0.2, 0) is 36.8 Å². The molecule has 0 fully saturated rings. The Hall–Kier alpha value is -4.75. The fourth-order valence-corrected chi connectivity index (χ4v) is 10.5. The summed E-state index contributed by atoms with van der Waals surface area (Å²) in [5, 5.41) is 51.7. The largest absolute Gasteiger partial charge is 1.00 e. The number of aliphatic carboxylic acids is 3. The van der Waals surface area contributed by atoms with Gasteiger partial charge in [-0.15, -0.1) is 0 Å². The second-order valence-electron chi connectivity index (χ2n) is 11.7. The van der Waals surface area contributed by atoms with Crippen LogP contribution in [0, 0.1) is 0 Å². The molecule has 8 nitrogen and oxygen atoms in total. The van der Waals surface area contributed by atoms with Gasteiger partial charge in [0.05, 0.1) is 22.3 Å². The first kappa shape index (κ1) is 46.4. The summed E-state index contributed by atoms with van der Waals surface area (Å²) < 4.78 is 0. The molecule has 0 heterocycles. The van der Waals surface area contributed by atoms with Gasteiger partial charge in [0.25, 0.3) is 0 Å². The summed E-state index contributed by atoms with van der Waals surface area (Å²) in [4.78, 5) is 30.3. The number of hydrogen-bond acceptors (Lipinski definition) is 6. The SMILES string of the molecule is CCO.O=C([O-])C[C@](O)(CC(=O)O)C(=O)O.[Ag+].c1ccc([PH+](c2ccccc2)c2ccccc2)cc1.c1ccc([PH+](c2ccccc2)c2ccccc2)cc1. The molecule has 0 radical (unpaired) electrons. The molecule has 0 spiro atoms. The molecule has 6 rings (SSSR count). The zero-order valence-corrected chi connectivity index (χ0v) is 33.6. The van der Waals surface area contributed by atoms with Crippen LogP contribution in [0.5, 0.6) is 0 Å². The van der Waals surface area contributed by atoms with Crippen molar-refractivity contribution in [3.8, 4) is 0 Å². The molecule has 0 saturated carbocycles. The van der Waals surface area contributed by atoms with E-state index in [-0.39, 0.29) is 29.0 Å². The van der Waals surface area contributed by atoms with Crippen LogP contribution in [0.2, 0.25) is 0 Å². The molecule has 1 atom stereocenters. The predicted molar refractivity (Wildman–Crippen MR) is 220 cm³/mol. The van der Waals surface area contributed by atoms with Crippen molar-refractivity contribution in [3.05, 3.63) is 182 Å². The average molecular weight is 872 g/mol. The van der Waals surface area contributed by atoms with E-state index in [1.807, 2.05) is 0 Å².